The van der Waals surface area contributed by atoms with Crippen LogP contribution >= 0.6 is 0 Å². The first-order valence-corrected chi connectivity index (χ1v) is 7.18. The molecule has 134 valence electrons. The normalized spacial score (nSPS) is 14.8. The summed E-state index contributed by atoms with van der Waals surface area (Å²) < 4.78 is 42.6. The van der Waals surface area contributed by atoms with Crippen molar-refractivity contribution in [2.24, 2.45) is 11.7 Å². The van der Waals surface area contributed by atoms with Crippen molar-refractivity contribution in [1.82, 2.24) is 0 Å². The minimum atomic E-state index is -4.46. The summed E-state index contributed by atoms with van der Waals surface area (Å²) in [6, 6.07) is 3.04. The van der Waals surface area contributed by atoms with Crippen LogP contribution in [-0.2, 0) is 26.9 Å². The van der Waals surface area contributed by atoms with Gasteiger partial charge in [-0.25, -0.2) is 0 Å². The van der Waals surface area contributed by atoms with Gasteiger partial charge < -0.3 is 15.6 Å². The Morgan fingerprint density at radius 1 is 1.17 bits per heavy atom. The molecule has 0 saturated carbocycles. The van der Waals surface area contributed by atoms with E-state index in [0.29, 0.717) is 5.56 Å². The van der Waals surface area contributed by atoms with Crippen molar-refractivity contribution in [3.05, 3.63) is 35.4 Å². The molecule has 5 nitrogen and oxygen atoms in total. The minimum absolute atomic E-state index is 0.0751. The number of carbonyl (C=O) groups excluding carboxylic acids is 1. The number of carboxylic acid groups (broad SMARTS) is 1. The fourth-order valence-electron chi connectivity index (χ4n) is 2.04. The molecule has 0 unspecified atom stereocenters. The Kier molecular flexibility index (Phi) is 5.99. The number of aliphatic carboxylic acids is 1. The fourth-order valence-corrected chi connectivity index (χ4v) is 2.04. The lowest BCUT2D eigenvalue weighted by Crippen LogP contribution is -2.45. The van der Waals surface area contributed by atoms with Gasteiger partial charge in [0.05, 0.1) is 5.56 Å². The molecule has 0 aliphatic rings. The number of halogens is 3. The Morgan fingerprint density at radius 2 is 1.67 bits per heavy atom. The quantitative estimate of drug-likeness (QED) is 0.631. The van der Waals surface area contributed by atoms with E-state index in [2.05, 4.69) is 0 Å². The predicted molar refractivity (Wildman–Crippen MR) is 80.1 cm³/mol. The largest absolute Gasteiger partial charge is 0.481 e. The molecule has 0 amide bonds. The molecule has 1 rings (SSSR count). The van der Waals surface area contributed by atoms with Gasteiger partial charge in [-0.2, -0.15) is 13.2 Å². The monoisotopic (exact) mass is 347 g/mol. The second-order valence-corrected chi connectivity index (χ2v) is 6.41. The van der Waals surface area contributed by atoms with Crippen molar-refractivity contribution in [2.45, 2.75) is 45.0 Å². The summed E-state index contributed by atoms with van der Waals surface area (Å²) in [7, 11) is 0. The lowest BCUT2D eigenvalue weighted by atomic mass is 9.93. The first kappa shape index (κ1) is 20.0. The molecule has 0 aromatic heterocycles. The zero-order valence-corrected chi connectivity index (χ0v) is 13.6. The van der Waals surface area contributed by atoms with E-state index in [1.54, 1.807) is 20.8 Å². The molecule has 1 aromatic carbocycles. The Labute approximate surface area is 137 Å². The van der Waals surface area contributed by atoms with E-state index >= 15 is 0 Å². The summed E-state index contributed by atoms with van der Waals surface area (Å²) >= 11 is 0. The molecule has 0 aliphatic heterocycles. The van der Waals surface area contributed by atoms with Gasteiger partial charge in [0.25, 0.3) is 0 Å². The summed E-state index contributed by atoms with van der Waals surface area (Å²) in [5.41, 5.74) is 4.49. The van der Waals surface area contributed by atoms with Crippen LogP contribution in [0, 0.1) is 5.92 Å². The van der Waals surface area contributed by atoms with Gasteiger partial charge >= 0.3 is 18.1 Å². The van der Waals surface area contributed by atoms with Gasteiger partial charge in [-0.15, -0.1) is 0 Å². The van der Waals surface area contributed by atoms with E-state index in [4.69, 9.17) is 10.5 Å². The molecule has 0 aliphatic carbocycles. The van der Waals surface area contributed by atoms with Gasteiger partial charge in [-0.1, -0.05) is 12.1 Å². The van der Waals surface area contributed by atoms with Crippen molar-refractivity contribution in [3.63, 3.8) is 0 Å². The molecule has 0 radical (unpaired) electrons. The molecule has 0 fully saturated rings. The number of hydrogen-bond donors (Lipinski definition) is 2. The predicted octanol–water partition coefficient (Wildman–Crippen LogP) is 2.62. The average Bonchev–Trinajstić information content (AvgIpc) is 2.35. The number of esters is 1. The summed E-state index contributed by atoms with van der Waals surface area (Å²) in [5, 5.41) is 9.21. The van der Waals surface area contributed by atoms with E-state index < -0.39 is 41.2 Å². The molecular weight excluding hydrogens is 327 g/mol. The van der Waals surface area contributed by atoms with Crippen LogP contribution in [0.15, 0.2) is 24.3 Å². The van der Waals surface area contributed by atoms with Crippen LogP contribution in [0.1, 0.15) is 31.9 Å². The van der Waals surface area contributed by atoms with E-state index in [1.807, 2.05) is 0 Å². The van der Waals surface area contributed by atoms with Gasteiger partial charge in [0.1, 0.15) is 5.60 Å². The molecule has 0 saturated heterocycles. The van der Waals surface area contributed by atoms with Crippen molar-refractivity contribution < 1.29 is 32.6 Å². The highest BCUT2D eigenvalue weighted by Gasteiger charge is 2.36. The number of rotatable bonds is 5. The molecule has 2 atom stereocenters. The topological polar surface area (TPSA) is 89.6 Å². The maximum absolute atomic E-state index is 12.5. The van der Waals surface area contributed by atoms with Gasteiger partial charge in [0.2, 0.25) is 0 Å². The maximum atomic E-state index is 12.5. The average molecular weight is 347 g/mol. The third kappa shape index (κ3) is 5.84. The lowest BCUT2D eigenvalue weighted by Gasteiger charge is -2.25. The SMILES string of the molecule is CC(C)(C)OC(=O)[C@@H](C(=O)O)[C@@H](N)Cc1ccc(C(F)(F)F)cc1. The lowest BCUT2D eigenvalue weighted by molar-refractivity contribution is -0.167. The Bertz CT molecular complexity index is 591. The Morgan fingerprint density at radius 3 is 2.04 bits per heavy atom. The van der Waals surface area contributed by atoms with E-state index in [0.717, 1.165) is 12.1 Å². The maximum Gasteiger partial charge on any atom is 0.416 e. The van der Waals surface area contributed by atoms with Crippen LogP contribution in [0.2, 0.25) is 0 Å². The third-order valence-corrected chi connectivity index (χ3v) is 3.11. The molecule has 0 heterocycles. The molecule has 0 spiro atoms. The van der Waals surface area contributed by atoms with Crippen molar-refractivity contribution in [1.29, 1.82) is 0 Å². The van der Waals surface area contributed by atoms with Crippen molar-refractivity contribution in [2.75, 3.05) is 0 Å². The Hall–Kier alpha value is -2.09. The molecule has 0 bridgehead atoms. The van der Waals surface area contributed by atoms with E-state index in [9.17, 15) is 27.9 Å². The highest BCUT2D eigenvalue weighted by atomic mass is 19.4. The van der Waals surface area contributed by atoms with Gasteiger partial charge in [0.15, 0.2) is 5.92 Å². The smallest absolute Gasteiger partial charge is 0.416 e. The number of nitrogens with two attached hydrogens (primary N) is 1. The molecule has 24 heavy (non-hydrogen) atoms. The van der Waals surface area contributed by atoms with Gasteiger partial charge in [-0.05, 0) is 44.9 Å². The second-order valence-electron chi connectivity index (χ2n) is 6.41. The molecule has 8 heteroatoms. The van der Waals surface area contributed by atoms with Crippen molar-refractivity contribution >= 4 is 11.9 Å². The zero-order chi connectivity index (χ0) is 18.7. The highest BCUT2D eigenvalue weighted by molar-refractivity contribution is 5.95. The zero-order valence-electron chi connectivity index (χ0n) is 13.6. The Balaban J connectivity index is 2.88. The van der Waals surface area contributed by atoms with Crippen LogP contribution in [0.4, 0.5) is 13.2 Å². The van der Waals surface area contributed by atoms with E-state index in [-0.39, 0.29) is 6.42 Å². The van der Waals surface area contributed by atoms with Crippen LogP contribution in [-0.4, -0.2) is 28.7 Å². The summed E-state index contributed by atoms with van der Waals surface area (Å²) in [6.07, 6.45) is -4.53. The first-order valence-electron chi connectivity index (χ1n) is 7.18. The van der Waals surface area contributed by atoms with E-state index in [1.165, 1.54) is 12.1 Å². The molecular formula is C16H20F3NO4. The first-order chi connectivity index (χ1) is 10.8. The summed E-state index contributed by atoms with van der Waals surface area (Å²) in [4.78, 5) is 23.3. The van der Waals surface area contributed by atoms with Crippen LogP contribution in [0.25, 0.3) is 0 Å². The third-order valence-electron chi connectivity index (χ3n) is 3.11. The standard InChI is InChI=1S/C16H20F3NO4/c1-15(2,3)24-14(23)12(13(21)22)11(20)8-9-4-6-10(7-5-9)16(17,18)19/h4-7,11-12H,8,20H2,1-3H3,(H,21,22)/t11-,12+/m0/s1. The number of ether oxygens (including phenoxy) is 1. The number of benzene rings is 1. The van der Waals surface area contributed by atoms with Gasteiger partial charge in [0, 0.05) is 6.04 Å². The van der Waals surface area contributed by atoms with Crippen molar-refractivity contribution in [3.8, 4) is 0 Å². The number of alkyl halides is 3. The molecule has 1 aromatic rings. The van der Waals surface area contributed by atoms with Crippen LogP contribution in [0.3, 0.4) is 0 Å². The van der Waals surface area contributed by atoms with Crippen LogP contribution in [0.5, 0.6) is 0 Å². The number of hydrogen-bond acceptors (Lipinski definition) is 4. The number of carboxylic acids is 1. The molecule has 3 N–H and O–H groups in total. The van der Waals surface area contributed by atoms with Gasteiger partial charge in [-0.3, -0.25) is 9.59 Å². The summed E-state index contributed by atoms with van der Waals surface area (Å²) in [6.45, 7) is 4.77. The highest BCUT2D eigenvalue weighted by Crippen LogP contribution is 2.29. The summed E-state index contributed by atoms with van der Waals surface area (Å²) in [5.74, 6) is -4.02. The number of carbonyl (C=O) groups is 2. The minimum Gasteiger partial charge on any atom is -0.481 e. The second kappa shape index (κ2) is 7.21. The van der Waals surface area contributed by atoms with Crippen LogP contribution < -0.4 is 5.73 Å². The fraction of sp³-hybridized carbons (Fsp3) is 0.500.